The fourth-order valence-corrected chi connectivity index (χ4v) is 11.1. The summed E-state index contributed by atoms with van der Waals surface area (Å²) in [5.74, 6) is -2.46. The molecule has 2 amide bonds. The maximum Gasteiger partial charge on any atom is 0.416 e. The van der Waals surface area contributed by atoms with Crippen LogP contribution in [0, 0.1) is 29.6 Å². The highest BCUT2D eigenvalue weighted by Gasteiger charge is 2.70. The molecule has 0 radical (unpaired) electrons. The van der Waals surface area contributed by atoms with E-state index in [9.17, 15) is 27.6 Å². The molecule has 12 heteroatoms. The molecule has 2 aliphatic heterocycles. The van der Waals surface area contributed by atoms with Crippen molar-refractivity contribution in [3.05, 3.63) is 109 Å². The van der Waals surface area contributed by atoms with E-state index in [2.05, 4.69) is 4.98 Å². The zero-order chi connectivity index (χ0) is 31.2. The maximum atomic E-state index is 14.0. The molecule has 0 unspecified atom stereocenters. The number of anilines is 1. The van der Waals surface area contributed by atoms with E-state index in [4.69, 9.17) is 16.3 Å². The molecule has 3 aromatic carbocycles. The largest absolute Gasteiger partial charge is 0.489 e. The Balaban J connectivity index is 1.19. The number of halogens is 4. The van der Waals surface area contributed by atoms with E-state index in [1.54, 1.807) is 6.07 Å². The smallest absolute Gasteiger partial charge is 0.416 e. The summed E-state index contributed by atoms with van der Waals surface area (Å²) >= 11 is 9.22. The Hall–Kier alpha value is -3.54. The van der Waals surface area contributed by atoms with Crippen molar-refractivity contribution in [3.63, 3.8) is 0 Å². The molecule has 1 N–H and O–H groups in total. The van der Waals surface area contributed by atoms with Crippen molar-refractivity contribution in [3.8, 4) is 5.75 Å². The highest BCUT2D eigenvalue weighted by Crippen LogP contribution is 2.69. The lowest BCUT2D eigenvalue weighted by molar-refractivity contribution is -0.137. The molecule has 2 aliphatic carbocycles. The van der Waals surface area contributed by atoms with Crippen molar-refractivity contribution in [2.75, 3.05) is 4.90 Å². The first kappa shape index (κ1) is 28.9. The van der Waals surface area contributed by atoms with Crippen LogP contribution in [-0.4, -0.2) is 22.0 Å². The molecule has 0 spiro atoms. The van der Waals surface area contributed by atoms with Gasteiger partial charge in [0.15, 0.2) is 0 Å². The number of alkyl halides is 3. The Labute approximate surface area is 268 Å². The standard InChI is InChI=1S/C33H24ClF3N2O4S2/c34-17-9-10-22(43-14-15-5-2-1-3-6-15)19(12-17)23-24-20-13-21(27(24)44-29-28(23)45-32(42)38-29)26-25(20)30(40)39(31(26)41)18-8-4-7-16(11-18)33(35,36)37/h1-12,20-21,23-27H,13-14H2,(H,38,42)/t20-,21-,23+,24+,25+,26+,27-/m1/s1. The first-order valence-corrected chi connectivity index (χ1v) is 16.6. The van der Waals surface area contributed by atoms with Gasteiger partial charge in [-0.15, -0.1) is 11.8 Å². The number of benzene rings is 3. The molecule has 8 rings (SSSR count). The van der Waals surface area contributed by atoms with Crippen LogP contribution in [0.1, 0.15) is 33.9 Å². The molecule has 2 saturated carbocycles. The van der Waals surface area contributed by atoms with Gasteiger partial charge >= 0.3 is 11.0 Å². The Morgan fingerprint density at radius 1 is 0.933 bits per heavy atom. The Morgan fingerprint density at radius 2 is 1.69 bits per heavy atom. The van der Waals surface area contributed by atoms with Crippen LogP contribution >= 0.6 is 34.7 Å². The maximum absolute atomic E-state index is 14.0. The van der Waals surface area contributed by atoms with Crippen LogP contribution < -0.4 is 14.5 Å². The van der Waals surface area contributed by atoms with Gasteiger partial charge in [-0.3, -0.25) is 19.3 Å². The summed E-state index contributed by atoms with van der Waals surface area (Å²) in [7, 11) is 0. The summed E-state index contributed by atoms with van der Waals surface area (Å²) < 4.78 is 46.9. The van der Waals surface area contributed by atoms with Crippen LogP contribution in [0.5, 0.6) is 5.75 Å². The summed E-state index contributed by atoms with van der Waals surface area (Å²) in [6, 6.07) is 19.6. The molecule has 7 atom stereocenters. The van der Waals surface area contributed by atoms with Crippen molar-refractivity contribution in [2.24, 2.45) is 29.6 Å². The fraction of sp³-hybridized carbons (Fsp3) is 0.303. The number of hydrogen-bond donors (Lipinski definition) is 1. The number of carbonyl (C=O) groups excluding carboxylic acids is 2. The molecule has 45 heavy (non-hydrogen) atoms. The van der Waals surface area contributed by atoms with Crippen molar-refractivity contribution >= 4 is 52.2 Å². The molecule has 1 aromatic heterocycles. The van der Waals surface area contributed by atoms with E-state index in [0.29, 0.717) is 23.8 Å². The number of H-pyrrole nitrogens is 1. The molecule has 1 saturated heterocycles. The van der Waals surface area contributed by atoms with Crippen LogP contribution in [0.2, 0.25) is 5.02 Å². The predicted octanol–water partition coefficient (Wildman–Crippen LogP) is 7.37. The second-order valence-corrected chi connectivity index (χ2v) is 14.6. The first-order valence-electron chi connectivity index (χ1n) is 14.5. The lowest BCUT2D eigenvalue weighted by atomic mass is 9.68. The van der Waals surface area contributed by atoms with E-state index in [1.807, 2.05) is 42.5 Å². The number of nitrogens with one attached hydrogen (secondary N) is 1. The SMILES string of the molecule is O=C1[C@H]2[C@H]3C[C@@H]([C@@H]2C(=O)N1c1cccc(C(F)(F)F)c1)[C@H]1[C@H](c2cc(Cl)ccc2OCc2ccccc2)c2sc(=O)[nH]c2S[C@H]31. The normalized spacial score (nSPS) is 28.3. The molecule has 230 valence electrons. The van der Waals surface area contributed by atoms with E-state index in [1.165, 1.54) is 23.9 Å². The number of amides is 2. The van der Waals surface area contributed by atoms with Crippen LogP contribution in [0.3, 0.4) is 0 Å². The summed E-state index contributed by atoms with van der Waals surface area (Å²) in [5.41, 5.74) is 0.814. The molecule has 4 aliphatic rings. The molecule has 3 heterocycles. The van der Waals surface area contributed by atoms with Crippen LogP contribution in [0.25, 0.3) is 0 Å². The summed E-state index contributed by atoms with van der Waals surface area (Å²) in [5, 5.41) is 1.14. The average Bonchev–Trinajstić information content (AvgIpc) is 3.75. The zero-order valence-electron chi connectivity index (χ0n) is 23.3. The number of rotatable bonds is 5. The number of ether oxygens (including phenoxy) is 1. The second-order valence-electron chi connectivity index (χ2n) is 12.0. The van der Waals surface area contributed by atoms with Crippen LogP contribution in [-0.2, 0) is 22.4 Å². The Kier molecular flexibility index (Phi) is 6.74. The Morgan fingerprint density at radius 3 is 2.44 bits per heavy atom. The summed E-state index contributed by atoms with van der Waals surface area (Å²) in [6.45, 7) is 0.316. The number of thiazole rings is 1. The molecule has 6 nitrogen and oxygen atoms in total. The molecule has 3 fully saturated rings. The minimum absolute atomic E-state index is 0.0596. The van der Waals surface area contributed by atoms with Gasteiger partial charge in [0.2, 0.25) is 11.8 Å². The van der Waals surface area contributed by atoms with Gasteiger partial charge in [0.05, 0.1) is 28.1 Å². The van der Waals surface area contributed by atoms with Gasteiger partial charge in [-0.05, 0) is 66.1 Å². The van der Waals surface area contributed by atoms with Crippen LogP contribution in [0.4, 0.5) is 18.9 Å². The fourth-order valence-electron chi connectivity index (χ4n) is 8.07. The number of aromatic nitrogens is 1. The third-order valence-corrected chi connectivity index (χ3v) is 12.5. The summed E-state index contributed by atoms with van der Waals surface area (Å²) in [6.07, 6.45) is -3.97. The number of thioether (sulfide) groups is 1. The lowest BCUT2D eigenvalue weighted by Gasteiger charge is -2.43. The zero-order valence-corrected chi connectivity index (χ0v) is 25.7. The van der Waals surface area contributed by atoms with Crippen molar-refractivity contribution in [1.29, 1.82) is 0 Å². The van der Waals surface area contributed by atoms with Gasteiger partial charge in [-0.2, -0.15) is 13.2 Å². The van der Waals surface area contributed by atoms with E-state index < -0.39 is 35.4 Å². The van der Waals surface area contributed by atoms with Gasteiger partial charge in [-0.1, -0.05) is 59.3 Å². The highest BCUT2D eigenvalue weighted by atomic mass is 35.5. The number of carbonyl (C=O) groups is 2. The summed E-state index contributed by atoms with van der Waals surface area (Å²) in [4.78, 5) is 45.2. The number of fused-ring (bicyclic) bond motifs is 9. The monoisotopic (exact) mass is 668 g/mol. The van der Waals surface area contributed by atoms with Crippen molar-refractivity contribution in [2.45, 2.75) is 35.4 Å². The predicted molar refractivity (Wildman–Crippen MR) is 165 cm³/mol. The highest BCUT2D eigenvalue weighted by molar-refractivity contribution is 8.00. The van der Waals surface area contributed by atoms with E-state index in [0.717, 1.165) is 49.4 Å². The van der Waals surface area contributed by atoms with Gasteiger partial charge in [-0.25, -0.2) is 0 Å². The van der Waals surface area contributed by atoms with Gasteiger partial charge in [0, 0.05) is 26.6 Å². The molecule has 2 bridgehead atoms. The van der Waals surface area contributed by atoms with Crippen LogP contribution in [0.15, 0.2) is 82.6 Å². The number of aromatic amines is 1. The number of nitrogens with zero attached hydrogens (tertiary/aromatic N) is 1. The topological polar surface area (TPSA) is 79.5 Å². The molecular formula is C33H24ClF3N2O4S2. The minimum Gasteiger partial charge on any atom is -0.489 e. The third-order valence-electron chi connectivity index (χ3n) is 9.70. The van der Waals surface area contributed by atoms with Gasteiger partial charge in [0.25, 0.3) is 0 Å². The number of hydrogen-bond acceptors (Lipinski definition) is 6. The van der Waals surface area contributed by atoms with Crippen molar-refractivity contribution < 1.29 is 27.5 Å². The van der Waals surface area contributed by atoms with E-state index in [-0.39, 0.29) is 39.5 Å². The van der Waals surface area contributed by atoms with E-state index >= 15 is 0 Å². The quantitative estimate of drug-likeness (QED) is 0.225. The van der Waals surface area contributed by atoms with Crippen molar-refractivity contribution in [1.82, 2.24) is 4.98 Å². The second kappa shape index (κ2) is 10.5. The minimum atomic E-state index is -4.61. The third kappa shape index (κ3) is 4.57. The van der Waals surface area contributed by atoms with Gasteiger partial charge < -0.3 is 9.72 Å². The first-order chi connectivity index (χ1) is 21.6. The molecular weight excluding hydrogens is 645 g/mol. The Bertz CT molecular complexity index is 1910. The lowest BCUT2D eigenvalue weighted by Crippen LogP contribution is -2.42. The van der Waals surface area contributed by atoms with Gasteiger partial charge in [0.1, 0.15) is 12.4 Å². The average molecular weight is 669 g/mol. The number of imide groups is 1. The molecule has 4 aromatic rings.